The van der Waals surface area contributed by atoms with Crippen molar-refractivity contribution in [3.8, 4) is 11.3 Å². The van der Waals surface area contributed by atoms with Gasteiger partial charge in [-0.05, 0) is 17.7 Å². The minimum absolute atomic E-state index is 0.116. The molecule has 94 valence electrons. The Labute approximate surface area is 113 Å². The number of methoxy groups -OCH3 is 1. The zero-order valence-corrected chi connectivity index (χ0v) is 11.0. The Kier molecular flexibility index (Phi) is 4.01. The third-order valence-corrected chi connectivity index (χ3v) is 2.88. The van der Waals surface area contributed by atoms with Crippen LogP contribution >= 0.6 is 23.2 Å². The first-order valence-corrected chi connectivity index (χ1v) is 5.83. The highest BCUT2D eigenvalue weighted by molar-refractivity contribution is 6.68. The Morgan fingerprint density at radius 3 is 2.78 bits per heavy atom. The summed E-state index contributed by atoms with van der Waals surface area (Å²) in [6.45, 7) is 0.116. The monoisotopic (exact) mass is 285 g/mol. The molecule has 2 rings (SSSR count). The van der Waals surface area contributed by atoms with Gasteiger partial charge in [0.25, 0.3) is 5.24 Å². The normalized spacial score (nSPS) is 10.6. The maximum absolute atomic E-state index is 11.5. The van der Waals surface area contributed by atoms with Gasteiger partial charge in [-0.3, -0.25) is 4.79 Å². The highest BCUT2D eigenvalue weighted by Gasteiger charge is 2.23. The Bertz CT molecular complexity index is 580. The van der Waals surface area contributed by atoms with Crippen LogP contribution in [-0.2, 0) is 11.3 Å². The summed E-state index contributed by atoms with van der Waals surface area (Å²) in [5.74, 6) is 0.285. The molecule has 0 N–H and O–H groups in total. The molecule has 1 aromatic heterocycles. The van der Waals surface area contributed by atoms with Crippen molar-refractivity contribution in [2.24, 2.45) is 0 Å². The van der Waals surface area contributed by atoms with Crippen molar-refractivity contribution in [3.05, 3.63) is 40.6 Å². The Balaban J connectivity index is 2.58. The van der Waals surface area contributed by atoms with Crippen LogP contribution in [0.4, 0.5) is 0 Å². The lowest BCUT2D eigenvalue weighted by atomic mass is 10.1. The Morgan fingerprint density at radius 1 is 1.44 bits per heavy atom. The van der Waals surface area contributed by atoms with E-state index in [0.717, 1.165) is 0 Å². The fourth-order valence-corrected chi connectivity index (χ4v) is 2.01. The van der Waals surface area contributed by atoms with Crippen LogP contribution in [0.1, 0.15) is 16.1 Å². The van der Waals surface area contributed by atoms with Crippen molar-refractivity contribution in [1.82, 2.24) is 5.16 Å². The first-order valence-electron chi connectivity index (χ1n) is 5.07. The fraction of sp³-hybridized carbons (Fsp3) is 0.167. The van der Waals surface area contributed by atoms with Crippen molar-refractivity contribution in [1.29, 1.82) is 0 Å². The van der Waals surface area contributed by atoms with Crippen LogP contribution < -0.4 is 0 Å². The number of benzene rings is 1. The SMILES string of the molecule is COCc1onc(-c2ccccc2Cl)c1C(=O)Cl. The number of carbonyl (C=O) groups is 1. The molecular formula is C12H9Cl2NO3. The highest BCUT2D eigenvalue weighted by atomic mass is 35.5. The fourth-order valence-electron chi connectivity index (χ4n) is 1.59. The molecule has 1 heterocycles. The second-order valence-electron chi connectivity index (χ2n) is 3.52. The van der Waals surface area contributed by atoms with E-state index in [4.69, 9.17) is 32.5 Å². The van der Waals surface area contributed by atoms with Crippen LogP contribution in [-0.4, -0.2) is 17.5 Å². The molecule has 0 atom stereocenters. The van der Waals surface area contributed by atoms with Crippen LogP contribution in [0.3, 0.4) is 0 Å². The van der Waals surface area contributed by atoms with Crippen molar-refractivity contribution in [2.75, 3.05) is 7.11 Å². The van der Waals surface area contributed by atoms with E-state index in [1.165, 1.54) is 7.11 Å². The maximum Gasteiger partial charge on any atom is 0.258 e. The summed E-state index contributed by atoms with van der Waals surface area (Å²) in [5, 5.41) is 3.65. The third kappa shape index (κ3) is 2.41. The van der Waals surface area contributed by atoms with Crippen molar-refractivity contribution in [2.45, 2.75) is 6.61 Å². The molecule has 0 saturated carbocycles. The van der Waals surface area contributed by atoms with Gasteiger partial charge in [-0.25, -0.2) is 0 Å². The molecule has 0 aliphatic heterocycles. The number of hydrogen-bond donors (Lipinski definition) is 0. The smallest absolute Gasteiger partial charge is 0.258 e. The molecule has 0 aliphatic carbocycles. The predicted molar refractivity (Wildman–Crippen MR) is 67.8 cm³/mol. The molecular weight excluding hydrogens is 277 g/mol. The van der Waals surface area contributed by atoms with Gasteiger partial charge in [0.15, 0.2) is 5.76 Å². The van der Waals surface area contributed by atoms with Gasteiger partial charge < -0.3 is 9.26 Å². The van der Waals surface area contributed by atoms with E-state index < -0.39 is 5.24 Å². The van der Waals surface area contributed by atoms with Gasteiger partial charge in [0.1, 0.15) is 17.9 Å². The molecule has 18 heavy (non-hydrogen) atoms. The summed E-state index contributed by atoms with van der Waals surface area (Å²) < 4.78 is 9.99. The topological polar surface area (TPSA) is 52.3 Å². The summed E-state index contributed by atoms with van der Waals surface area (Å²) in [4.78, 5) is 11.5. The van der Waals surface area contributed by atoms with E-state index in [-0.39, 0.29) is 17.9 Å². The van der Waals surface area contributed by atoms with Gasteiger partial charge in [0.2, 0.25) is 0 Å². The number of nitrogens with zero attached hydrogens (tertiary/aromatic N) is 1. The third-order valence-electron chi connectivity index (χ3n) is 2.36. The summed E-state index contributed by atoms with van der Waals surface area (Å²) in [5.41, 5.74) is 1.11. The van der Waals surface area contributed by atoms with Crippen LogP contribution in [0, 0.1) is 0 Å². The number of hydrogen-bond acceptors (Lipinski definition) is 4. The zero-order chi connectivity index (χ0) is 13.1. The van der Waals surface area contributed by atoms with Crippen molar-refractivity contribution in [3.63, 3.8) is 0 Å². The summed E-state index contributed by atoms with van der Waals surface area (Å²) in [7, 11) is 1.49. The van der Waals surface area contributed by atoms with Crippen LogP contribution in [0.25, 0.3) is 11.3 Å². The Hall–Kier alpha value is -1.36. The van der Waals surface area contributed by atoms with E-state index in [1.54, 1.807) is 24.3 Å². The number of aromatic nitrogens is 1. The molecule has 4 nitrogen and oxygen atoms in total. The molecule has 0 radical (unpaired) electrons. The molecule has 0 unspecified atom stereocenters. The average Bonchev–Trinajstić information content (AvgIpc) is 2.74. The van der Waals surface area contributed by atoms with Crippen LogP contribution in [0.2, 0.25) is 5.02 Å². The average molecular weight is 286 g/mol. The quantitative estimate of drug-likeness (QED) is 0.807. The van der Waals surface area contributed by atoms with E-state index in [9.17, 15) is 4.79 Å². The lowest BCUT2D eigenvalue weighted by molar-refractivity contribution is 0.107. The van der Waals surface area contributed by atoms with Gasteiger partial charge in [-0.2, -0.15) is 0 Å². The first kappa shape index (κ1) is 13.1. The summed E-state index contributed by atoms with van der Waals surface area (Å²) in [6.07, 6.45) is 0. The maximum atomic E-state index is 11.5. The second kappa shape index (κ2) is 5.52. The molecule has 0 saturated heterocycles. The molecule has 1 aromatic carbocycles. The Morgan fingerprint density at radius 2 is 2.17 bits per heavy atom. The van der Waals surface area contributed by atoms with E-state index >= 15 is 0 Å². The van der Waals surface area contributed by atoms with Gasteiger partial charge in [-0.1, -0.05) is 35.0 Å². The van der Waals surface area contributed by atoms with E-state index in [2.05, 4.69) is 5.16 Å². The van der Waals surface area contributed by atoms with Gasteiger partial charge >= 0.3 is 0 Å². The molecule has 0 bridgehead atoms. The standard InChI is InChI=1S/C12H9Cl2NO3/c1-17-6-9-10(12(14)16)11(15-18-9)7-4-2-3-5-8(7)13/h2-5H,6H2,1H3. The predicted octanol–water partition coefficient (Wildman–Crippen LogP) is 3.52. The molecule has 0 fully saturated rings. The number of carbonyl (C=O) groups excluding carboxylic acids is 1. The van der Waals surface area contributed by atoms with Crippen molar-refractivity contribution >= 4 is 28.4 Å². The molecule has 0 spiro atoms. The minimum Gasteiger partial charge on any atom is -0.377 e. The molecule has 6 heteroatoms. The van der Waals surface area contributed by atoms with Gasteiger partial charge in [0, 0.05) is 12.7 Å². The summed E-state index contributed by atoms with van der Waals surface area (Å²) in [6, 6.07) is 7.00. The van der Waals surface area contributed by atoms with Gasteiger partial charge in [-0.15, -0.1) is 0 Å². The molecule has 0 amide bonds. The van der Waals surface area contributed by atoms with Crippen molar-refractivity contribution < 1.29 is 14.1 Å². The van der Waals surface area contributed by atoms with Crippen LogP contribution in [0.15, 0.2) is 28.8 Å². The minimum atomic E-state index is -0.654. The lowest BCUT2D eigenvalue weighted by Crippen LogP contribution is -1.97. The lowest BCUT2D eigenvalue weighted by Gasteiger charge is -2.01. The number of rotatable bonds is 4. The molecule has 2 aromatic rings. The number of halogens is 2. The van der Waals surface area contributed by atoms with E-state index in [0.29, 0.717) is 16.3 Å². The second-order valence-corrected chi connectivity index (χ2v) is 4.27. The summed E-state index contributed by atoms with van der Waals surface area (Å²) >= 11 is 11.6. The number of ether oxygens (including phenoxy) is 1. The van der Waals surface area contributed by atoms with Crippen LogP contribution in [0.5, 0.6) is 0 Å². The molecule has 0 aliphatic rings. The largest absolute Gasteiger partial charge is 0.377 e. The van der Waals surface area contributed by atoms with E-state index in [1.807, 2.05) is 0 Å². The zero-order valence-electron chi connectivity index (χ0n) is 9.44. The van der Waals surface area contributed by atoms with Gasteiger partial charge in [0.05, 0.1) is 5.02 Å². The first-order chi connectivity index (χ1) is 8.65. The highest BCUT2D eigenvalue weighted by Crippen LogP contribution is 2.32.